The molecular formula is C19H20Cl2O. The summed E-state index contributed by atoms with van der Waals surface area (Å²) in [4.78, 5) is 0. The molecule has 1 aliphatic carbocycles. The van der Waals surface area contributed by atoms with Crippen LogP contribution < -0.4 is 0 Å². The molecule has 0 bridgehead atoms. The molecule has 0 aromatic heterocycles. The van der Waals surface area contributed by atoms with Gasteiger partial charge < -0.3 is 5.11 Å². The van der Waals surface area contributed by atoms with E-state index in [4.69, 9.17) is 23.2 Å². The summed E-state index contributed by atoms with van der Waals surface area (Å²) in [7, 11) is 0. The van der Waals surface area contributed by atoms with Gasteiger partial charge in [0.2, 0.25) is 0 Å². The number of rotatable bonds is 4. The molecule has 2 aromatic carbocycles. The first kappa shape index (κ1) is 15.9. The van der Waals surface area contributed by atoms with Crippen LogP contribution in [0.15, 0.2) is 48.5 Å². The van der Waals surface area contributed by atoms with E-state index in [2.05, 4.69) is 0 Å². The molecule has 2 aromatic rings. The summed E-state index contributed by atoms with van der Waals surface area (Å²) in [6.07, 6.45) is 4.29. The van der Waals surface area contributed by atoms with Crippen molar-refractivity contribution >= 4 is 23.2 Å². The Morgan fingerprint density at radius 1 is 0.773 bits per heavy atom. The number of halogens is 2. The zero-order chi connectivity index (χ0) is 15.5. The Morgan fingerprint density at radius 2 is 1.18 bits per heavy atom. The zero-order valence-corrected chi connectivity index (χ0v) is 13.9. The Kier molecular flexibility index (Phi) is 5.07. The molecule has 0 radical (unpaired) electrons. The summed E-state index contributed by atoms with van der Waals surface area (Å²) < 4.78 is 0. The average Bonchev–Trinajstić information content (AvgIpc) is 3.05. The molecule has 0 heterocycles. The van der Waals surface area contributed by atoms with E-state index < -0.39 is 0 Å². The summed E-state index contributed by atoms with van der Waals surface area (Å²) in [5.41, 5.74) is 2.21. The minimum Gasteiger partial charge on any atom is -0.392 e. The van der Waals surface area contributed by atoms with Crippen molar-refractivity contribution in [2.45, 2.75) is 37.7 Å². The van der Waals surface area contributed by atoms with E-state index in [-0.39, 0.29) is 12.0 Å². The largest absolute Gasteiger partial charge is 0.392 e. The number of aliphatic hydroxyl groups excluding tert-OH is 1. The van der Waals surface area contributed by atoms with Gasteiger partial charge in [-0.2, -0.15) is 0 Å². The van der Waals surface area contributed by atoms with Crippen molar-refractivity contribution in [2.75, 3.05) is 0 Å². The number of hydrogen-bond acceptors (Lipinski definition) is 1. The summed E-state index contributed by atoms with van der Waals surface area (Å²) in [5.74, 6) is 0.342. The van der Waals surface area contributed by atoms with Crippen LogP contribution in [0.4, 0.5) is 0 Å². The minimum absolute atomic E-state index is 0.0300. The third kappa shape index (κ3) is 3.48. The third-order valence-corrected chi connectivity index (χ3v) is 5.19. The van der Waals surface area contributed by atoms with E-state index in [1.807, 2.05) is 48.5 Å². The normalized spacial score (nSPS) is 17.1. The maximum absolute atomic E-state index is 11.0. The van der Waals surface area contributed by atoms with Gasteiger partial charge in [-0.25, -0.2) is 0 Å². The predicted molar refractivity (Wildman–Crippen MR) is 92.7 cm³/mol. The van der Waals surface area contributed by atoms with Crippen LogP contribution in [0.5, 0.6) is 0 Å². The van der Waals surface area contributed by atoms with Crippen molar-refractivity contribution in [3.63, 3.8) is 0 Å². The van der Waals surface area contributed by atoms with Gasteiger partial charge in [0, 0.05) is 16.0 Å². The summed E-state index contributed by atoms with van der Waals surface area (Å²) >= 11 is 12.0. The Hall–Kier alpha value is -1.02. The molecule has 0 unspecified atom stereocenters. The summed E-state index contributed by atoms with van der Waals surface area (Å²) in [6, 6.07) is 15.6. The molecule has 22 heavy (non-hydrogen) atoms. The van der Waals surface area contributed by atoms with Crippen molar-refractivity contribution in [1.82, 2.24) is 0 Å². The van der Waals surface area contributed by atoms with Gasteiger partial charge in [-0.1, -0.05) is 60.3 Å². The Morgan fingerprint density at radius 3 is 1.59 bits per heavy atom. The lowest BCUT2D eigenvalue weighted by Gasteiger charge is -2.28. The minimum atomic E-state index is -0.371. The molecule has 0 amide bonds. The van der Waals surface area contributed by atoms with Crippen LogP contribution in [-0.2, 0) is 0 Å². The maximum Gasteiger partial charge on any atom is 0.0677 e. The van der Waals surface area contributed by atoms with E-state index in [0.717, 1.165) is 24.0 Å². The van der Waals surface area contributed by atoms with E-state index in [9.17, 15) is 5.11 Å². The van der Waals surface area contributed by atoms with Crippen LogP contribution in [0.1, 0.15) is 42.7 Å². The van der Waals surface area contributed by atoms with Crippen molar-refractivity contribution in [2.24, 2.45) is 5.92 Å². The molecule has 1 atom stereocenters. The molecule has 0 spiro atoms. The molecule has 0 aliphatic heterocycles. The van der Waals surface area contributed by atoms with Crippen LogP contribution >= 0.6 is 23.2 Å². The quantitative estimate of drug-likeness (QED) is 0.762. The molecule has 0 saturated heterocycles. The highest BCUT2D eigenvalue weighted by molar-refractivity contribution is 6.30. The molecule has 1 nitrogen and oxygen atoms in total. The van der Waals surface area contributed by atoms with Crippen molar-refractivity contribution in [1.29, 1.82) is 0 Å². The monoisotopic (exact) mass is 334 g/mol. The first-order valence-corrected chi connectivity index (χ1v) is 8.60. The zero-order valence-electron chi connectivity index (χ0n) is 12.4. The topological polar surface area (TPSA) is 20.2 Å². The lowest BCUT2D eigenvalue weighted by molar-refractivity contribution is 0.0945. The fraction of sp³-hybridized carbons (Fsp3) is 0.368. The van der Waals surface area contributed by atoms with Gasteiger partial charge in [0.25, 0.3) is 0 Å². The molecule has 116 valence electrons. The van der Waals surface area contributed by atoms with Crippen molar-refractivity contribution in [3.05, 3.63) is 69.7 Å². The Bertz CT molecular complexity index is 555. The van der Waals surface area contributed by atoms with Crippen molar-refractivity contribution in [3.8, 4) is 0 Å². The van der Waals surface area contributed by atoms with Crippen molar-refractivity contribution < 1.29 is 5.11 Å². The third-order valence-electron chi connectivity index (χ3n) is 4.68. The van der Waals surface area contributed by atoms with Crippen LogP contribution in [0.3, 0.4) is 0 Å². The van der Waals surface area contributed by atoms with E-state index in [1.54, 1.807) is 0 Å². The summed E-state index contributed by atoms with van der Waals surface area (Å²) in [5, 5.41) is 12.4. The lowest BCUT2D eigenvalue weighted by atomic mass is 9.80. The second-order valence-corrected chi connectivity index (χ2v) is 6.99. The average molecular weight is 335 g/mol. The van der Waals surface area contributed by atoms with E-state index >= 15 is 0 Å². The molecule has 3 rings (SSSR count). The smallest absolute Gasteiger partial charge is 0.0677 e. The highest BCUT2D eigenvalue weighted by Gasteiger charge is 2.31. The molecule has 3 heteroatoms. The predicted octanol–water partition coefficient (Wildman–Crippen LogP) is 5.68. The van der Waals surface area contributed by atoms with Gasteiger partial charge in [-0.3, -0.25) is 0 Å². The standard InChI is InChI=1S/C19H20Cl2O/c20-16-9-5-13(6-10-16)18(14-7-11-17(21)12-8-14)19(22)15-3-1-2-4-15/h5-12,15,18-19,22H,1-4H2/t19-/m1/s1. The van der Waals surface area contributed by atoms with Crippen LogP contribution in [0.2, 0.25) is 10.0 Å². The van der Waals surface area contributed by atoms with E-state index in [1.165, 1.54) is 12.8 Å². The van der Waals surface area contributed by atoms with E-state index in [0.29, 0.717) is 16.0 Å². The maximum atomic E-state index is 11.0. The van der Waals surface area contributed by atoms with Crippen LogP contribution in [0.25, 0.3) is 0 Å². The fourth-order valence-corrected chi connectivity index (χ4v) is 3.75. The molecule has 1 fully saturated rings. The SMILES string of the molecule is O[C@H](C1CCCC1)C(c1ccc(Cl)cc1)c1ccc(Cl)cc1. The highest BCUT2D eigenvalue weighted by Crippen LogP contribution is 2.38. The van der Waals surface area contributed by atoms with Crippen LogP contribution in [0, 0.1) is 5.92 Å². The van der Waals surface area contributed by atoms with Gasteiger partial charge in [0.15, 0.2) is 0 Å². The van der Waals surface area contributed by atoms with Crippen LogP contribution in [-0.4, -0.2) is 11.2 Å². The van der Waals surface area contributed by atoms with Gasteiger partial charge >= 0.3 is 0 Å². The number of hydrogen-bond donors (Lipinski definition) is 1. The molecule has 1 aliphatic rings. The first-order valence-electron chi connectivity index (χ1n) is 7.84. The molecule has 1 N–H and O–H groups in total. The second kappa shape index (κ2) is 7.04. The highest BCUT2D eigenvalue weighted by atomic mass is 35.5. The molecular weight excluding hydrogens is 315 g/mol. The first-order chi connectivity index (χ1) is 10.6. The summed E-state index contributed by atoms with van der Waals surface area (Å²) in [6.45, 7) is 0. The Balaban J connectivity index is 1.97. The van der Waals surface area contributed by atoms with Gasteiger partial charge in [0.05, 0.1) is 6.10 Å². The van der Waals surface area contributed by atoms with Gasteiger partial charge in [-0.05, 0) is 54.2 Å². The Labute approximate surface area is 141 Å². The van der Waals surface area contributed by atoms with Gasteiger partial charge in [0.1, 0.15) is 0 Å². The lowest BCUT2D eigenvalue weighted by Crippen LogP contribution is -2.27. The second-order valence-electron chi connectivity index (χ2n) is 6.12. The number of benzene rings is 2. The fourth-order valence-electron chi connectivity index (χ4n) is 3.50. The van der Waals surface area contributed by atoms with Gasteiger partial charge in [-0.15, -0.1) is 0 Å². The number of aliphatic hydroxyl groups is 1. The molecule has 1 saturated carbocycles.